The maximum Gasteiger partial charge on any atom is 0.339 e. The molecular formula is C14H13NO7S. The summed E-state index contributed by atoms with van der Waals surface area (Å²) in [5, 5.41) is 10.6. The van der Waals surface area contributed by atoms with Crippen LogP contribution in [0.4, 0.5) is 5.69 Å². The molecule has 9 heteroatoms. The lowest BCUT2D eigenvalue weighted by atomic mass is 10.3. The molecule has 23 heavy (non-hydrogen) atoms. The van der Waals surface area contributed by atoms with Gasteiger partial charge in [-0.05, 0) is 24.3 Å². The summed E-state index contributed by atoms with van der Waals surface area (Å²) in [6.07, 6.45) is 0. The summed E-state index contributed by atoms with van der Waals surface area (Å²) in [7, 11) is -1.30. The summed E-state index contributed by atoms with van der Waals surface area (Å²) < 4.78 is 39.5. The highest BCUT2D eigenvalue weighted by molar-refractivity contribution is 7.87. The Labute approximate surface area is 132 Å². The van der Waals surface area contributed by atoms with Crippen molar-refractivity contribution in [3.8, 4) is 17.2 Å². The molecule has 0 spiro atoms. The third-order valence-corrected chi connectivity index (χ3v) is 4.14. The number of hydrogen-bond acceptors (Lipinski definition) is 7. The quantitative estimate of drug-likeness (QED) is 0.452. The number of methoxy groups -OCH3 is 2. The molecule has 0 saturated carbocycles. The number of benzene rings is 2. The molecule has 0 amide bonds. The highest BCUT2D eigenvalue weighted by atomic mass is 32.2. The van der Waals surface area contributed by atoms with Crippen LogP contribution in [0.3, 0.4) is 0 Å². The van der Waals surface area contributed by atoms with Gasteiger partial charge in [0.05, 0.1) is 19.1 Å². The highest BCUT2D eigenvalue weighted by Crippen LogP contribution is 2.30. The molecule has 0 bridgehead atoms. The first-order valence-corrected chi connectivity index (χ1v) is 7.69. The second kappa shape index (κ2) is 6.53. The Hall–Kier alpha value is -2.81. The number of hydrogen-bond donors (Lipinski definition) is 0. The summed E-state index contributed by atoms with van der Waals surface area (Å²) in [6, 6.07) is 8.72. The average Bonchev–Trinajstić information content (AvgIpc) is 2.54. The number of rotatable bonds is 6. The third kappa shape index (κ3) is 3.69. The Morgan fingerprint density at radius 3 is 2.09 bits per heavy atom. The van der Waals surface area contributed by atoms with Crippen LogP contribution in [-0.4, -0.2) is 27.6 Å². The van der Waals surface area contributed by atoms with Gasteiger partial charge in [-0.1, -0.05) is 0 Å². The molecule has 0 aliphatic carbocycles. The first-order chi connectivity index (χ1) is 10.9. The second-order valence-electron chi connectivity index (χ2n) is 4.31. The van der Waals surface area contributed by atoms with E-state index in [-0.39, 0.29) is 22.1 Å². The fourth-order valence-electron chi connectivity index (χ4n) is 1.77. The second-order valence-corrected chi connectivity index (χ2v) is 5.85. The third-order valence-electron chi connectivity index (χ3n) is 2.90. The lowest BCUT2D eigenvalue weighted by Gasteiger charge is -2.10. The largest absolute Gasteiger partial charge is 0.493 e. The summed E-state index contributed by atoms with van der Waals surface area (Å²) in [5.41, 5.74) is -0.166. The number of non-ortho nitro benzene ring substituents is 1. The maximum absolute atomic E-state index is 12.2. The zero-order valence-electron chi connectivity index (χ0n) is 12.3. The zero-order chi connectivity index (χ0) is 17.0. The Bertz CT molecular complexity index is 816. The van der Waals surface area contributed by atoms with E-state index in [4.69, 9.17) is 13.7 Å². The molecule has 0 saturated heterocycles. The molecule has 2 aromatic rings. The lowest BCUT2D eigenvalue weighted by Crippen LogP contribution is -2.10. The number of nitrogens with zero attached hydrogens (tertiary/aromatic N) is 1. The summed E-state index contributed by atoms with van der Waals surface area (Å²) in [4.78, 5) is 9.85. The fourth-order valence-corrected chi connectivity index (χ4v) is 2.72. The smallest absolute Gasteiger partial charge is 0.339 e. The van der Waals surface area contributed by atoms with Gasteiger partial charge in [0, 0.05) is 18.2 Å². The molecule has 0 N–H and O–H groups in total. The van der Waals surface area contributed by atoms with Crippen LogP contribution in [-0.2, 0) is 10.1 Å². The number of nitro groups is 1. The van der Waals surface area contributed by atoms with E-state index >= 15 is 0 Å². The van der Waals surface area contributed by atoms with Crippen LogP contribution in [0.25, 0.3) is 0 Å². The minimum absolute atomic E-state index is 0.0367. The molecule has 0 aliphatic rings. The van der Waals surface area contributed by atoms with E-state index in [0.717, 1.165) is 12.1 Å². The number of ether oxygens (including phenoxy) is 2. The SMILES string of the molecule is COc1ccc(S(=O)(=O)Oc2ccc([N+](=O)[O-])cc2)cc1OC. The van der Waals surface area contributed by atoms with Crippen molar-refractivity contribution in [3.05, 3.63) is 52.6 Å². The summed E-state index contributed by atoms with van der Waals surface area (Å²) >= 11 is 0. The molecule has 2 rings (SSSR count). The van der Waals surface area contributed by atoms with E-state index in [1.165, 1.54) is 44.6 Å². The van der Waals surface area contributed by atoms with Gasteiger partial charge in [-0.15, -0.1) is 0 Å². The van der Waals surface area contributed by atoms with Crippen molar-refractivity contribution in [2.75, 3.05) is 14.2 Å². The van der Waals surface area contributed by atoms with Gasteiger partial charge < -0.3 is 13.7 Å². The monoisotopic (exact) mass is 339 g/mol. The lowest BCUT2D eigenvalue weighted by molar-refractivity contribution is -0.384. The van der Waals surface area contributed by atoms with Crippen LogP contribution in [0.2, 0.25) is 0 Å². The standard InChI is InChI=1S/C14H13NO7S/c1-20-13-8-7-12(9-14(13)21-2)23(18,19)22-11-5-3-10(4-6-11)15(16)17/h3-9H,1-2H3. The van der Waals surface area contributed by atoms with E-state index in [9.17, 15) is 18.5 Å². The Morgan fingerprint density at radius 1 is 0.957 bits per heavy atom. The molecule has 2 aromatic carbocycles. The molecule has 122 valence electrons. The van der Waals surface area contributed by atoms with Crippen LogP contribution in [0.5, 0.6) is 17.2 Å². The van der Waals surface area contributed by atoms with Crippen LogP contribution in [0.15, 0.2) is 47.4 Å². The molecular weight excluding hydrogens is 326 g/mol. The maximum atomic E-state index is 12.2. The van der Waals surface area contributed by atoms with Crippen molar-refractivity contribution in [2.45, 2.75) is 4.90 Å². The van der Waals surface area contributed by atoms with Crippen LogP contribution in [0.1, 0.15) is 0 Å². The van der Waals surface area contributed by atoms with E-state index in [1.54, 1.807) is 0 Å². The fraction of sp³-hybridized carbons (Fsp3) is 0.143. The topological polar surface area (TPSA) is 105 Å². The summed E-state index contributed by atoms with van der Waals surface area (Å²) in [5.74, 6) is 0.577. The van der Waals surface area contributed by atoms with Crippen LogP contribution >= 0.6 is 0 Å². The average molecular weight is 339 g/mol. The predicted octanol–water partition coefficient (Wildman–Crippen LogP) is 2.38. The van der Waals surface area contributed by atoms with Crippen molar-refractivity contribution >= 4 is 15.8 Å². The van der Waals surface area contributed by atoms with Crippen LogP contribution in [0, 0.1) is 10.1 Å². The van der Waals surface area contributed by atoms with Gasteiger partial charge in [0.15, 0.2) is 11.5 Å². The molecule has 0 atom stereocenters. The Morgan fingerprint density at radius 2 is 1.57 bits per heavy atom. The van der Waals surface area contributed by atoms with Gasteiger partial charge in [0.1, 0.15) is 10.6 Å². The molecule has 0 fully saturated rings. The van der Waals surface area contributed by atoms with E-state index in [0.29, 0.717) is 5.75 Å². The van der Waals surface area contributed by atoms with E-state index < -0.39 is 15.0 Å². The van der Waals surface area contributed by atoms with E-state index in [1.807, 2.05) is 0 Å². The minimum atomic E-state index is -4.11. The van der Waals surface area contributed by atoms with Crippen molar-refractivity contribution in [1.82, 2.24) is 0 Å². The minimum Gasteiger partial charge on any atom is -0.493 e. The molecule has 0 radical (unpaired) electrons. The Kier molecular flexibility index (Phi) is 4.70. The molecule has 0 unspecified atom stereocenters. The highest BCUT2D eigenvalue weighted by Gasteiger charge is 2.19. The van der Waals surface area contributed by atoms with Crippen LogP contribution < -0.4 is 13.7 Å². The van der Waals surface area contributed by atoms with Gasteiger partial charge in [0.2, 0.25) is 0 Å². The molecule has 0 heterocycles. The zero-order valence-corrected chi connectivity index (χ0v) is 13.1. The molecule has 0 aromatic heterocycles. The van der Waals surface area contributed by atoms with Crippen molar-refractivity contribution in [2.24, 2.45) is 0 Å². The van der Waals surface area contributed by atoms with Gasteiger partial charge in [-0.25, -0.2) is 0 Å². The normalized spacial score (nSPS) is 10.9. The predicted molar refractivity (Wildman–Crippen MR) is 80.5 cm³/mol. The van der Waals surface area contributed by atoms with Gasteiger partial charge in [0.25, 0.3) is 5.69 Å². The van der Waals surface area contributed by atoms with Crippen molar-refractivity contribution in [3.63, 3.8) is 0 Å². The Balaban J connectivity index is 2.29. The first kappa shape index (κ1) is 16.6. The first-order valence-electron chi connectivity index (χ1n) is 6.28. The van der Waals surface area contributed by atoms with Crippen molar-refractivity contribution < 1.29 is 27.0 Å². The van der Waals surface area contributed by atoms with Crippen molar-refractivity contribution in [1.29, 1.82) is 0 Å². The molecule has 0 aliphatic heterocycles. The van der Waals surface area contributed by atoms with Gasteiger partial charge >= 0.3 is 10.1 Å². The van der Waals surface area contributed by atoms with Gasteiger partial charge in [-0.3, -0.25) is 10.1 Å². The summed E-state index contributed by atoms with van der Waals surface area (Å²) in [6.45, 7) is 0. The number of nitro benzene ring substituents is 1. The van der Waals surface area contributed by atoms with Gasteiger partial charge in [-0.2, -0.15) is 8.42 Å². The van der Waals surface area contributed by atoms with E-state index in [2.05, 4.69) is 0 Å². The molecule has 8 nitrogen and oxygen atoms in total.